The Morgan fingerprint density at radius 2 is 1.79 bits per heavy atom. The molecular formula is C23H18F3N5O2S. The van der Waals surface area contributed by atoms with Crippen molar-refractivity contribution in [1.82, 2.24) is 19.3 Å². The predicted octanol–water partition coefficient (Wildman–Crippen LogP) is 4.50. The summed E-state index contributed by atoms with van der Waals surface area (Å²) in [5, 5.41) is 9.92. The number of fused-ring (bicyclic) bond motifs is 1. The lowest BCUT2D eigenvalue weighted by Gasteiger charge is -2.17. The molecule has 0 saturated carbocycles. The molecule has 4 rings (SSSR count). The van der Waals surface area contributed by atoms with Gasteiger partial charge in [-0.3, -0.25) is 9.97 Å². The van der Waals surface area contributed by atoms with E-state index < -0.39 is 27.1 Å². The van der Waals surface area contributed by atoms with Crippen LogP contribution in [0.3, 0.4) is 0 Å². The van der Waals surface area contributed by atoms with Crippen molar-refractivity contribution < 1.29 is 21.6 Å². The van der Waals surface area contributed by atoms with Crippen LogP contribution in [-0.4, -0.2) is 35.2 Å². The monoisotopic (exact) mass is 485 g/mol. The lowest BCUT2D eigenvalue weighted by atomic mass is 10.1. The molecule has 1 unspecified atom stereocenters. The van der Waals surface area contributed by atoms with Crippen molar-refractivity contribution in [3.63, 3.8) is 0 Å². The number of nitrogens with zero attached hydrogens (tertiary/aromatic N) is 4. The number of aromatic nitrogens is 3. The van der Waals surface area contributed by atoms with Gasteiger partial charge in [-0.05, 0) is 49.7 Å². The average Bonchev–Trinajstić information content (AvgIpc) is 3.12. The van der Waals surface area contributed by atoms with E-state index in [1.165, 1.54) is 6.07 Å². The van der Waals surface area contributed by atoms with Gasteiger partial charge in [0.25, 0.3) is 0 Å². The zero-order valence-electron chi connectivity index (χ0n) is 18.0. The summed E-state index contributed by atoms with van der Waals surface area (Å²) in [7, 11) is -4.47. The Kier molecular flexibility index (Phi) is 5.89. The maximum Gasteiger partial charge on any atom is 0.404 e. The second-order valence-corrected chi connectivity index (χ2v) is 9.36. The number of rotatable bonds is 5. The summed E-state index contributed by atoms with van der Waals surface area (Å²) in [4.78, 5) is 8.18. The Hall–Kier alpha value is -3.75. The number of alkyl halides is 3. The van der Waals surface area contributed by atoms with E-state index >= 15 is 0 Å². The maximum atomic E-state index is 12.8. The molecule has 0 spiro atoms. The van der Waals surface area contributed by atoms with Gasteiger partial charge in [0.05, 0.1) is 16.9 Å². The van der Waals surface area contributed by atoms with Crippen LogP contribution in [0.2, 0.25) is 0 Å². The Morgan fingerprint density at radius 1 is 1.09 bits per heavy atom. The number of aryl methyl sites for hydroxylation is 1. The van der Waals surface area contributed by atoms with Crippen LogP contribution in [0, 0.1) is 18.3 Å². The molecule has 0 aliphatic carbocycles. The topological polar surface area (TPSA) is 101 Å². The van der Waals surface area contributed by atoms with Crippen LogP contribution in [0.5, 0.6) is 0 Å². The number of hydrogen-bond acceptors (Lipinski definition) is 5. The smallest absolute Gasteiger partial charge is 0.305 e. The highest BCUT2D eigenvalue weighted by Crippen LogP contribution is 2.35. The van der Waals surface area contributed by atoms with Crippen molar-refractivity contribution in [2.75, 3.05) is 0 Å². The predicted molar refractivity (Wildman–Crippen MR) is 120 cm³/mol. The quantitative estimate of drug-likeness (QED) is 0.449. The van der Waals surface area contributed by atoms with Crippen LogP contribution >= 0.6 is 0 Å². The van der Waals surface area contributed by atoms with E-state index in [0.29, 0.717) is 23.7 Å². The first-order chi connectivity index (χ1) is 16.0. The molecule has 0 aliphatic heterocycles. The molecule has 0 saturated heterocycles. The van der Waals surface area contributed by atoms with Crippen LogP contribution in [0.25, 0.3) is 28.1 Å². The average molecular weight is 485 g/mol. The summed E-state index contributed by atoms with van der Waals surface area (Å²) >= 11 is 0. The third kappa shape index (κ3) is 4.25. The normalized spacial score (nSPS) is 13.1. The van der Waals surface area contributed by atoms with Gasteiger partial charge in [0, 0.05) is 18.1 Å². The fourth-order valence-electron chi connectivity index (χ4n) is 3.50. The molecule has 0 fully saturated rings. The lowest BCUT2D eigenvalue weighted by molar-refractivity contribution is -0.147. The van der Waals surface area contributed by atoms with Crippen molar-refractivity contribution in [3.05, 3.63) is 72.1 Å². The Morgan fingerprint density at radius 3 is 2.38 bits per heavy atom. The highest BCUT2D eigenvalue weighted by molar-refractivity contribution is 7.89. The minimum atomic E-state index is -4.73. The molecule has 4 aromatic rings. The summed E-state index contributed by atoms with van der Waals surface area (Å²) in [6.45, 7) is 2.58. The zero-order valence-corrected chi connectivity index (χ0v) is 18.8. The minimum absolute atomic E-state index is 0.241. The van der Waals surface area contributed by atoms with E-state index in [-0.39, 0.29) is 11.3 Å². The van der Waals surface area contributed by atoms with Crippen molar-refractivity contribution in [2.45, 2.75) is 31.0 Å². The number of nitrogens with one attached hydrogen (secondary N) is 1. The highest BCUT2D eigenvalue weighted by Gasteiger charge is 2.39. The lowest BCUT2D eigenvalue weighted by Crippen LogP contribution is -2.42. The number of sulfonamides is 1. The van der Waals surface area contributed by atoms with Crippen LogP contribution in [-0.2, 0) is 10.0 Å². The molecule has 0 aliphatic rings. The van der Waals surface area contributed by atoms with E-state index in [0.717, 1.165) is 23.5 Å². The van der Waals surface area contributed by atoms with E-state index in [2.05, 4.69) is 16.0 Å². The van der Waals surface area contributed by atoms with E-state index in [1.807, 2.05) is 43.3 Å². The summed E-state index contributed by atoms with van der Waals surface area (Å²) in [6.07, 6.45) is -2.13. The number of pyridine rings is 2. The molecule has 174 valence electrons. The number of para-hydroxylation sites is 1. The Labute approximate surface area is 193 Å². The van der Waals surface area contributed by atoms with Crippen LogP contribution < -0.4 is 4.72 Å². The minimum Gasteiger partial charge on any atom is -0.305 e. The molecule has 0 radical (unpaired) electrons. The number of hydrogen-bond donors (Lipinski definition) is 1. The van der Waals surface area contributed by atoms with E-state index in [9.17, 15) is 26.9 Å². The van der Waals surface area contributed by atoms with Crippen LogP contribution in [0.15, 0.2) is 65.8 Å². The Bertz CT molecular complexity index is 1510. The van der Waals surface area contributed by atoms with Gasteiger partial charge in [0.2, 0.25) is 10.0 Å². The molecule has 11 heteroatoms. The van der Waals surface area contributed by atoms with Crippen molar-refractivity contribution >= 4 is 21.1 Å². The van der Waals surface area contributed by atoms with E-state index in [1.54, 1.807) is 15.5 Å². The molecule has 34 heavy (non-hydrogen) atoms. The van der Waals surface area contributed by atoms with E-state index in [4.69, 9.17) is 0 Å². The van der Waals surface area contributed by atoms with Crippen LogP contribution in [0.1, 0.15) is 18.1 Å². The summed E-state index contributed by atoms with van der Waals surface area (Å²) in [6, 6.07) is 13.5. The van der Waals surface area contributed by atoms with Crippen LogP contribution in [0.4, 0.5) is 13.2 Å². The number of benzene rings is 1. The molecule has 3 heterocycles. The Balaban J connectivity index is 1.87. The second-order valence-electron chi connectivity index (χ2n) is 7.65. The first kappa shape index (κ1) is 23.4. The fraction of sp³-hybridized carbons (Fsp3) is 0.174. The van der Waals surface area contributed by atoms with Gasteiger partial charge >= 0.3 is 6.18 Å². The molecule has 7 nitrogen and oxygen atoms in total. The SMILES string of the molecule is Cc1cnc2c(C#N)c(-c3ccc(S(=O)(=O)NC(C)C(F)(F)F)cn3)n(-c3ccccc3)c2c1. The zero-order chi connectivity index (χ0) is 24.7. The van der Waals surface area contributed by atoms with Gasteiger partial charge in [-0.2, -0.15) is 23.2 Å². The first-order valence-electron chi connectivity index (χ1n) is 10.0. The third-order valence-electron chi connectivity index (χ3n) is 5.18. The number of nitriles is 1. The highest BCUT2D eigenvalue weighted by atomic mass is 32.2. The van der Waals surface area contributed by atoms with Gasteiger partial charge < -0.3 is 4.57 Å². The molecule has 0 bridgehead atoms. The summed E-state index contributed by atoms with van der Waals surface area (Å²) < 4.78 is 66.7. The molecule has 0 amide bonds. The maximum absolute atomic E-state index is 12.8. The van der Waals surface area contributed by atoms with Gasteiger partial charge in [-0.15, -0.1) is 0 Å². The van der Waals surface area contributed by atoms with Gasteiger partial charge in [-0.25, -0.2) is 8.42 Å². The van der Waals surface area contributed by atoms with Gasteiger partial charge in [0.15, 0.2) is 0 Å². The van der Waals surface area contributed by atoms with Crippen molar-refractivity contribution in [3.8, 4) is 23.1 Å². The fourth-order valence-corrected chi connectivity index (χ4v) is 4.68. The van der Waals surface area contributed by atoms with Crippen molar-refractivity contribution in [2.24, 2.45) is 0 Å². The molecule has 3 aromatic heterocycles. The standard InChI is InChI=1S/C23H18F3N5O2S/c1-14-10-20-21(29-12-14)18(11-27)22(31(20)16-6-4-3-5-7-16)19-9-8-17(13-28-19)34(32,33)30-15(2)23(24,25)26/h3-10,12-13,15,30H,1-2H3. The first-order valence-corrected chi connectivity index (χ1v) is 11.5. The van der Waals surface area contributed by atoms with Gasteiger partial charge in [0.1, 0.15) is 28.1 Å². The molecule has 1 atom stereocenters. The third-order valence-corrected chi connectivity index (χ3v) is 6.71. The summed E-state index contributed by atoms with van der Waals surface area (Å²) in [5.41, 5.74) is 3.61. The molecule has 1 aromatic carbocycles. The molecule has 1 N–H and O–H groups in total. The van der Waals surface area contributed by atoms with Gasteiger partial charge in [-0.1, -0.05) is 18.2 Å². The molecular weight excluding hydrogens is 467 g/mol. The second kappa shape index (κ2) is 8.55. The van der Waals surface area contributed by atoms with Crippen molar-refractivity contribution in [1.29, 1.82) is 5.26 Å². The summed E-state index contributed by atoms with van der Waals surface area (Å²) in [5.74, 6) is 0. The number of halogens is 3. The largest absolute Gasteiger partial charge is 0.404 e.